The van der Waals surface area contributed by atoms with Gasteiger partial charge in [-0.1, -0.05) is 12.1 Å². The quantitative estimate of drug-likeness (QED) is 0.792. The summed E-state index contributed by atoms with van der Waals surface area (Å²) in [5.41, 5.74) is 0.429. The van der Waals surface area contributed by atoms with E-state index in [1.165, 1.54) is 0 Å². The lowest BCUT2D eigenvalue weighted by atomic mass is 9.76. The van der Waals surface area contributed by atoms with Crippen molar-refractivity contribution in [2.45, 2.75) is 18.4 Å². The summed E-state index contributed by atoms with van der Waals surface area (Å²) in [6.07, 6.45) is 1.15. The van der Waals surface area contributed by atoms with Crippen LogP contribution in [0.15, 0.2) is 24.3 Å². The first-order chi connectivity index (χ1) is 8.71. The first-order valence-electron chi connectivity index (χ1n) is 6.31. The zero-order valence-electron chi connectivity index (χ0n) is 10.2. The number of benzene rings is 1. The fraction of sp³-hybridized carbons (Fsp3) is 0.500. The van der Waals surface area contributed by atoms with Crippen LogP contribution in [0.2, 0.25) is 0 Å². The maximum Gasteiger partial charge on any atom is 0.128 e. The molecule has 2 aliphatic heterocycles. The van der Waals surface area contributed by atoms with E-state index in [2.05, 4.69) is 0 Å². The topological polar surface area (TPSA) is 62.5 Å². The molecule has 1 atom stereocenters. The highest BCUT2D eigenvalue weighted by Gasteiger charge is 2.43. The molecular formula is C14H17NO3. The van der Waals surface area contributed by atoms with Gasteiger partial charge in [-0.15, -0.1) is 0 Å². The molecule has 1 aromatic carbocycles. The van der Waals surface area contributed by atoms with Crippen LogP contribution in [0, 0.1) is 11.3 Å². The summed E-state index contributed by atoms with van der Waals surface area (Å²) < 4.78 is 11.0. The van der Waals surface area contributed by atoms with E-state index < -0.39 is 5.60 Å². The van der Waals surface area contributed by atoms with E-state index in [1.807, 2.05) is 24.3 Å². The van der Waals surface area contributed by atoms with Gasteiger partial charge in [0, 0.05) is 31.6 Å². The van der Waals surface area contributed by atoms with Gasteiger partial charge in [0.2, 0.25) is 0 Å². The van der Waals surface area contributed by atoms with Crippen molar-refractivity contribution < 1.29 is 14.6 Å². The molecule has 0 saturated carbocycles. The Labute approximate surface area is 106 Å². The van der Waals surface area contributed by atoms with Crippen LogP contribution in [-0.2, 0) is 4.74 Å². The van der Waals surface area contributed by atoms with Gasteiger partial charge in [-0.3, -0.25) is 0 Å². The molecule has 0 bridgehead atoms. The van der Waals surface area contributed by atoms with E-state index in [4.69, 9.17) is 14.9 Å². The Morgan fingerprint density at radius 1 is 1.22 bits per heavy atom. The minimum Gasteiger partial charge on any atom is -0.492 e. The third kappa shape index (κ3) is 1.82. The van der Waals surface area contributed by atoms with Crippen molar-refractivity contribution in [1.82, 2.24) is 0 Å². The molecule has 4 nitrogen and oxygen atoms in total. The lowest BCUT2D eigenvalue weighted by Crippen LogP contribution is -2.50. The van der Waals surface area contributed by atoms with Crippen LogP contribution in [-0.4, -0.2) is 36.2 Å². The summed E-state index contributed by atoms with van der Waals surface area (Å²) in [4.78, 5) is 0. The standard InChI is InChI=1S/C14H17NO3/c15-13-10-3-1-2-4-12(10)18-9-11(13)14(16)5-7-17-8-6-14/h1-4,11,15-16H,5-9H2. The van der Waals surface area contributed by atoms with Gasteiger partial charge in [0.15, 0.2) is 0 Å². The van der Waals surface area contributed by atoms with Crippen LogP contribution < -0.4 is 4.74 Å². The van der Waals surface area contributed by atoms with E-state index in [9.17, 15) is 5.11 Å². The average molecular weight is 247 g/mol. The molecule has 1 unspecified atom stereocenters. The first-order valence-corrected chi connectivity index (χ1v) is 6.31. The largest absolute Gasteiger partial charge is 0.492 e. The molecular weight excluding hydrogens is 230 g/mol. The summed E-state index contributed by atoms with van der Waals surface area (Å²) >= 11 is 0. The Morgan fingerprint density at radius 2 is 1.94 bits per heavy atom. The van der Waals surface area contributed by atoms with Gasteiger partial charge in [0.25, 0.3) is 0 Å². The molecule has 1 aromatic rings. The molecule has 3 rings (SSSR count). The van der Waals surface area contributed by atoms with Crippen LogP contribution in [0.1, 0.15) is 18.4 Å². The summed E-state index contributed by atoms with van der Waals surface area (Å²) in [5, 5.41) is 19.0. The number of ether oxygens (including phenoxy) is 2. The lowest BCUT2D eigenvalue weighted by molar-refractivity contribution is -0.0914. The Bertz CT molecular complexity index is 466. The Hall–Kier alpha value is -1.39. The summed E-state index contributed by atoms with van der Waals surface area (Å²) in [7, 11) is 0. The zero-order valence-corrected chi connectivity index (χ0v) is 10.2. The molecule has 0 aliphatic carbocycles. The van der Waals surface area contributed by atoms with Crippen molar-refractivity contribution in [3.8, 4) is 5.75 Å². The van der Waals surface area contributed by atoms with Gasteiger partial charge in [-0.2, -0.15) is 0 Å². The molecule has 1 fully saturated rings. The molecule has 96 valence electrons. The summed E-state index contributed by atoms with van der Waals surface area (Å²) in [6, 6.07) is 7.55. The predicted molar refractivity (Wildman–Crippen MR) is 67.3 cm³/mol. The van der Waals surface area contributed by atoms with Crippen LogP contribution in [0.25, 0.3) is 0 Å². The maximum atomic E-state index is 10.7. The Morgan fingerprint density at radius 3 is 2.72 bits per heavy atom. The molecule has 1 saturated heterocycles. The molecule has 0 aromatic heterocycles. The highest BCUT2D eigenvalue weighted by atomic mass is 16.5. The van der Waals surface area contributed by atoms with Gasteiger partial charge in [-0.25, -0.2) is 0 Å². The van der Waals surface area contributed by atoms with E-state index in [0.717, 1.165) is 11.3 Å². The fourth-order valence-electron chi connectivity index (χ4n) is 2.76. The average Bonchev–Trinajstić information content (AvgIpc) is 2.40. The van der Waals surface area contributed by atoms with Crippen molar-refractivity contribution in [2.75, 3.05) is 19.8 Å². The molecule has 18 heavy (non-hydrogen) atoms. The van der Waals surface area contributed by atoms with Gasteiger partial charge in [-0.05, 0) is 12.1 Å². The van der Waals surface area contributed by atoms with E-state index in [-0.39, 0.29) is 5.92 Å². The van der Waals surface area contributed by atoms with E-state index in [1.54, 1.807) is 0 Å². The van der Waals surface area contributed by atoms with Crippen LogP contribution >= 0.6 is 0 Å². The SMILES string of the molecule is N=C1c2ccccc2OCC1C1(O)CCOCC1. The van der Waals surface area contributed by atoms with Gasteiger partial charge in [0.05, 0.1) is 23.8 Å². The summed E-state index contributed by atoms with van der Waals surface area (Å²) in [5.74, 6) is 0.491. The molecule has 2 N–H and O–H groups in total. The number of aliphatic hydroxyl groups is 1. The molecule has 0 amide bonds. The number of rotatable bonds is 1. The zero-order chi connectivity index (χ0) is 12.6. The van der Waals surface area contributed by atoms with Crippen LogP contribution in [0.5, 0.6) is 5.75 Å². The highest BCUT2D eigenvalue weighted by molar-refractivity contribution is 6.03. The van der Waals surface area contributed by atoms with Crippen molar-refractivity contribution in [2.24, 2.45) is 5.92 Å². The predicted octanol–water partition coefficient (Wildman–Crippen LogP) is 1.60. The number of hydrogen-bond donors (Lipinski definition) is 2. The minimum atomic E-state index is -0.858. The second-order valence-corrected chi connectivity index (χ2v) is 4.99. The number of nitrogens with one attached hydrogen (secondary N) is 1. The molecule has 0 radical (unpaired) electrons. The van der Waals surface area contributed by atoms with E-state index in [0.29, 0.717) is 38.4 Å². The molecule has 2 heterocycles. The van der Waals surface area contributed by atoms with Crippen LogP contribution in [0.4, 0.5) is 0 Å². The van der Waals surface area contributed by atoms with Crippen molar-refractivity contribution in [1.29, 1.82) is 5.41 Å². The van der Waals surface area contributed by atoms with Crippen molar-refractivity contribution >= 4 is 5.71 Å². The highest BCUT2D eigenvalue weighted by Crippen LogP contribution is 2.36. The first kappa shape index (κ1) is 11.7. The summed E-state index contributed by atoms with van der Waals surface area (Å²) in [6.45, 7) is 1.50. The van der Waals surface area contributed by atoms with Crippen molar-refractivity contribution in [3.05, 3.63) is 29.8 Å². The van der Waals surface area contributed by atoms with Gasteiger partial charge < -0.3 is 20.0 Å². The molecule has 0 spiro atoms. The minimum absolute atomic E-state index is 0.253. The third-order valence-electron chi connectivity index (χ3n) is 3.94. The third-order valence-corrected chi connectivity index (χ3v) is 3.94. The van der Waals surface area contributed by atoms with E-state index >= 15 is 0 Å². The van der Waals surface area contributed by atoms with Crippen molar-refractivity contribution in [3.63, 3.8) is 0 Å². The normalized spacial score (nSPS) is 26.3. The Kier molecular flexibility index (Phi) is 2.84. The monoisotopic (exact) mass is 247 g/mol. The lowest BCUT2D eigenvalue weighted by Gasteiger charge is -2.41. The fourth-order valence-corrected chi connectivity index (χ4v) is 2.76. The molecule has 2 aliphatic rings. The van der Waals surface area contributed by atoms with Gasteiger partial charge >= 0.3 is 0 Å². The smallest absolute Gasteiger partial charge is 0.128 e. The second-order valence-electron chi connectivity index (χ2n) is 4.99. The number of para-hydroxylation sites is 1. The van der Waals surface area contributed by atoms with Gasteiger partial charge in [0.1, 0.15) is 5.75 Å². The second kappa shape index (κ2) is 4.37. The molecule has 4 heteroatoms. The number of fused-ring (bicyclic) bond motifs is 1. The number of hydrogen-bond acceptors (Lipinski definition) is 4. The Balaban J connectivity index is 1.90. The van der Waals surface area contributed by atoms with Crippen LogP contribution in [0.3, 0.4) is 0 Å². The maximum absolute atomic E-state index is 10.7.